The molecule has 8 heteroatoms. The van der Waals surface area contributed by atoms with Crippen LogP contribution < -0.4 is 4.90 Å². The second-order valence-electron chi connectivity index (χ2n) is 7.69. The van der Waals surface area contributed by atoms with Gasteiger partial charge < -0.3 is 9.97 Å². The zero-order valence-corrected chi connectivity index (χ0v) is 15.6. The number of imidazole rings is 2. The number of aliphatic imine (C=N–C) groups is 1. The molecule has 27 heavy (non-hydrogen) atoms. The predicted octanol–water partition coefficient (Wildman–Crippen LogP) is 2.81. The quantitative estimate of drug-likeness (QED) is 0.851. The Morgan fingerprint density at radius 3 is 2.89 bits per heavy atom. The van der Waals surface area contributed by atoms with Gasteiger partial charge in [-0.1, -0.05) is 19.8 Å². The van der Waals surface area contributed by atoms with Crippen LogP contribution in [0.5, 0.6) is 0 Å². The Hall–Kier alpha value is -2.64. The monoisotopic (exact) mass is 367 g/mol. The lowest BCUT2D eigenvalue weighted by atomic mass is 10.1. The lowest BCUT2D eigenvalue weighted by Gasteiger charge is -2.32. The average molecular weight is 367 g/mol. The summed E-state index contributed by atoms with van der Waals surface area (Å²) in [4.78, 5) is 37.5. The summed E-state index contributed by atoms with van der Waals surface area (Å²) in [6.45, 7) is 3.35. The van der Waals surface area contributed by atoms with Gasteiger partial charge >= 0.3 is 6.03 Å². The molecule has 142 valence electrons. The average Bonchev–Trinajstić information content (AvgIpc) is 3.44. The van der Waals surface area contributed by atoms with Crippen LogP contribution in [-0.4, -0.2) is 55.8 Å². The van der Waals surface area contributed by atoms with Crippen LogP contribution >= 0.6 is 0 Å². The molecule has 0 aromatic carbocycles. The second kappa shape index (κ2) is 6.51. The van der Waals surface area contributed by atoms with Gasteiger partial charge in [0.05, 0.1) is 12.6 Å². The van der Waals surface area contributed by atoms with E-state index in [1.165, 1.54) is 25.7 Å². The van der Waals surface area contributed by atoms with Crippen molar-refractivity contribution in [2.45, 2.75) is 57.4 Å². The van der Waals surface area contributed by atoms with E-state index in [0.717, 1.165) is 35.4 Å². The van der Waals surface area contributed by atoms with Crippen molar-refractivity contribution in [1.82, 2.24) is 24.8 Å². The van der Waals surface area contributed by atoms with Crippen LogP contribution in [0.3, 0.4) is 0 Å². The van der Waals surface area contributed by atoms with Crippen molar-refractivity contribution in [2.24, 2.45) is 4.99 Å². The number of rotatable bonds is 5. The maximum Gasteiger partial charge on any atom is 0.331 e. The van der Waals surface area contributed by atoms with Gasteiger partial charge in [0.2, 0.25) is 0 Å². The Bertz CT molecular complexity index is 863. The number of aromatic nitrogens is 4. The molecule has 0 radical (unpaired) electrons. The highest BCUT2D eigenvalue weighted by Gasteiger charge is 2.42. The second-order valence-corrected chi connectivity index (χ2v) is 7.69. The van der Waals surface area contributed by atoms with E-state index in [9.17, 15) is 4.79 Å². The minimum absolute atomic E-state index is 0.00508. The van der Waals surface area contributed by atoms with Crippen LogP contribution in [0.1, 0.15) is 62.3 Å². The molecule has 2 aromatic heterocycles. The molecule has 4 heterocycles. The number of carbonyl (C=O) groups is 1. The van der Waals surface area contributed by atoms with Crippen molar-refractivity contribution < 1.29 is 4.79 Å². The lowest BCUT2D eigenvalue weighted by molar-refractivity contribution is 0.226. The summed E-state index contributed by atoms with van der Waals surface area (Å²) in [7, 11) is 0. The van der Waals surface area contributed by atoms with E-state index < -0.39 is 0 Å². The Morgan fingerprint density at radius 1 is 1.30 bits per heavy atom. The number of hydrogen-bond donors (Lipinski definition) is 2. The third-order valence-electron chi connectivity index (χ3n) is 5.77. The molecule has 1 saturated carbocycles. The summed E-state index contributed by atoms with van der Waals surface area (Å²) >= 11 is 0. The molecule has 3 aliphatic rings. The number of nitrogens with zero attached hydrogens (tertiary/aromatic N) is 5. The third kappa shape index (κ3) is 2.74. The summed E-state index contributed by atoms with van der Waals surface area (Å²) in [5.74, 6) is 3.90. The van der Waals surface area contributed by atoms with Gasteiger partial charge in [0.1, 0.15) is 17.3 Å². The van der Waals surface area contributed by atoms with Gasteiger partial charge in [0, 0.05) is 31.3 Å². The summed E-state index contributed by atoms with van der Waals surface area (Å²) in [5, 5.41) is 0. The summed E-state index contributed by atoms with van der Waals surface area (Å²) < 4.78 is 0. The minimum atomic E-state index is -0.00508. The van der Waals surface area contributed by atoms with Crippen molar-refractivity contribution in [2.75, 3.05) is 18.0 Å². The molecule has 2 aromatic rings. The number of carbonyl (C=O) groups excluding carboxylic acids is 1. The van der Waals surface area contributed by atoms with Crippen molar-refractivity contribution in [1.29, 1.82) is 0 Å². The Morgan fingerprint density at radius 2 is 2.15 bits per heavy atom. The molecule has 1 atom stereocenters. The highest BCUT2D eigenvalue weighted by Crippen LogP contribution is 2.37. The standard InChI is InChI=1S/C19H25N7O/c1-2-9-25-18-15(23-16(24-18)12-5-3-4-6-12)17-22-13(11-26(17)19(25)27)10-14-20-7-8-21-14/h7-8,12-13H,2-6,9-11H2,1H3,(H,20,21)(H,23,24). The van der Waals surface area contributed by atoms with Crippen LogP contribution in [0.4, 0.5) is 10.6 Å². The number of amides is 2. The molecule has 1 fully saturated rings. The van der Waals surface area contributed by atoms with E-state index in [0.29, 0.717) is 25.4 Å². The molecular weight excluding hydrogens is 342 g/mol. The fraction of sp³-hybridized carbons (Fsp3) is 0.579. The predicted molar refractivity (Wildman–Crippen MR) is 102 cm³/mol. The molecule has 8 nitrogen and oxygen atoms in total. The fourth-order valence-corrected chi connectivity index (χ4v) is 4.48. The van der Waals surface area contributed by atoms with Crippen LogP contribution in [0.2, 0.25) is 0 Å². The fourth-order valence-electron chi connectivity index (χ4n) is 4.48. The van der Waals surface area contributed by atoms with E-state index in [-0.39, 0.29) is 12.1 Å². The summed E-state index contributed by atoms with van der Waals surface area (Å²) in [5.41, 5.74) is 0.909. The first kappa shape index (κ1) is 16.5. The molecule has 1 aliphatic carbocycles. The summed E-state index contributed by atoms with van der Waals surface area (Å²) in [6.07, 6.45) is 10.0. The number of fused-ring (bicyclic) bond motifs is 3. The van der Waals surface area contributed by atoms with Gasteiger partial charge in [-0.2, -0.15) is 0 Å². The maximum atomic E-state index is 13.1. The van der Waals surface area contributed by atoms with Gasteiger partial charge in [0.25, 0.3) is 0 Å². The topological polar surface area (TPSA) is 93.3 Å². The van der Waals surface area contributed by atoms with Crippen LogP contribution in [-0.2, 0) is 6.42 Å². The van der Waals surface area contributed by atoms with E-state index in [1.54, 1.807) is 6.20 Å². The minimum Gasteiger partial charge on any atom is -0.349 e. The van der Waals surface area contributed by atoms with E-state index in [2.05, 4.69) is 21.9 Å². The molecule has 2 aliphatic heterocycles. The Kier molecular flexibility index (Phi) is 3.98. The molecule has 2 N–H and O–H groups in total. The summed E-state index contributed by atoms with van der Waals surface area (Å²) in [6, 6.07) is 0.0114. The lowest BCUT2D eigenvalue weighted by Crippen LogP contribution is -2.50. The third-order valence-corrected chi connectivity index (χ3v) is 5.77. The van der Waals surface area contributed by atoms with Gasteiger partial charge in [0.15, 0.2) is 11.7 Å². The van der Waals surface area contributed by atoms with Crippen LogP contribution in [0, 0.1) is 0 Å². The van der Waals surface area contributed by atoms with Crippen molar-refractivity contribution >= 4 is 17.7 Å². The number of amidine groups is 1. The zero-order valence-electron chi connectivity index (χ0n) is 15.6. The highest BCUT2D eigenvalue weighted by molar-refractivity contribution is 6.18. The zero-order chi connectivity index (χ0) is 18.4. The van der Waals surface area contributed by atoms with Crippen molar-refractivity contribution in [3.63, 3.8) is 0 Å². The first-order valence-corrected chi connectivity index (χ1v) is 10.00. The number of anilines is 1. The van der Waals surface area contributed by atoms with E-state index in [1.807, 2.05) is 16.0 Å². The molecule has 1 unspecified atom stereocenters. The molecule has 0 spiro atoms. The first-order chi connectivity index (χ1) is 13.2. The number of nitrogens with one attached hydrogen (secondary N) is 2. The van der Waals surface area contributed by atoms with Crippen LogP contribution in [0.15, 0.2) is 17.4 Å². The highest BCUT2D eigenvalue weighted by atomic mass is 16.2. The number of H-pyrrole nitrogens is 2. The van der Waals surface area contributed by atoms with E-state index >= 15 is 0 Å². The number of aromatic amines is 2. The number of hydrogen-bond acceptors (Lipinski definition) is 4. The molecule has 5 rings (SSSR count). The van der Waals surface area contributed by atoms with E-state index in [4.69, 9.17) is 9.98 Å². The van der Waals surface area contributed by atoms with Gasteiger partial charge in [-0.15, -0.1) is 0 Å². The molecule has 0 saturated heterocycles. The largest absolute Gasteiger partial charge is 0.349 e. The molecular formula is C19H25N7O. The van der Waals surface area contributed by atoms with Crippen molar-refractivity contribution in [3.8, 4) is 0 Å². The molecule has 2 amide bonds. The van der Waals surface area contributed by atoms with Crippen LogP contribution in [0.25, 0.3) is 0 Å². The van der Waals surface area contributed by atoms with Gasteiger partial charge in [-0.05, 0) is 19.3 Å². The maximum absolute atomic E-state index is 13.1. The SMILES string of the molecule is CCCN1C(=O)N2CC(Cc3ncc[nH]3)N=C2c2[nH]c(C3CCCC3)nc21. The number of urea groups is 1. The normalized spacial score (nSPS) is 22.3. The van der Waals surface area contributed by atoms with Gasteiger partial charge in [-0.25, -0.2) is 14.8 Å². The first-order valence-electron chi connectivity index (χ1n) is 10.00. The molecule has 0 bridgehead atoms. The van der Waals surface area contributed by atoms with Gasteiger partial charge in [-0.3, -0.25) is 14.8 Å². The van der Waals surface area contributed by atoms with Crippen molar-refractivity contribution in [3.05, 3.63) is 29.7 Å². The Balaban J connectivity index is 1.51. The Labute approximate surface area is 158 Å². The smallest absolute Gasteiger partial charge is 0.331 e.